The van der Waals surface area contributed by atoms with E-state index in [0.29, 0.717) is 0 Å². The van der Waals surface area contributed by atoms with Crippen molar-refractivity contribution in [1.82, 2.24) is 0 Å². The van der Waals surface area contributed by atoms with Crippen molar-refractivity contribution >= 4 is 33.2 Å². The molecule has 0 aliphatic heterocycles. The van der Waals surface area contributed by atoms with E-state index < -0.39 is 5.78 Å². The Bertz CT molecular complexity index is 680. The molecule has 0 atom stereocenters. The lowest BCUT2D eigenvalue weighted by Crippen LogP contribution is -2.24. The Labute approximate surface area is 145 Å². The van der Waals surface area contributed by atoms with Gasteiger partial charge >= 0.3 is 0 Å². The molecule has 0 fully saturated rings. The summed E-state index contributed by atoms with van der Waals surface area (Å²) in [6.07, 6.45) is 2.28. The van der Waals surface area contributed by atoms with E-state index in [0.717, 1.165) is 28.6 Å². The van der Waals surface area contributed by atoms with Gasteiger partial charge in [-0.25, -0.2) is 0 Å². The van der Waals surface area contributed by atoms with Gasteiger partial charge in [0.1, 0.15) is 0 Å². The third kappa shape index (κ3) is 5.64. The lowest BCUT2D eigenvalue weighted by Gasteiger charge is -2.06. The minimum atomic E-state index is -0.400. The summed E-state index contributed by atoms with van der Waals surface area (Å²) in [5.74, 6) is -0.765. The van der Waals surface area contributed by atoms with E-state index >= 15 is 0 Å². The first-order valence-electron chi connectivity index (χ1n) is 7.71. The number of halogens is 1. The van der Waals surface area contributed by atoms with E-state index in [1.54, 1.807) is 0 Å². The van der Waals surface area contributed by atoms with E-state index in [2.05, 4.69) is 28.2 Å². The lowest BCUT2D eigenvalue weighted by molar-refractivity contribution is -0.135. The van der Waals surface area contributed by atoms with E-state index in [4.69, 9.17) is 0 Å². The summed E-state index contributed by atoms with van der Waals surface area (Å²) in [5, 5.41) is 2.98. The molecule has 0 radical (unpaired) electrons. The van der Waals surface area contributed by atoms with Crippen LogP contribution in [0.15, 0.2) is 53.0 Å². The molecule has 0 bridgehead atoms. The van der Waals surface area contributed by atoms with Crippen LogP contribution in [-0.4, -0.2) is 18.1 Å². The molecule has 0 saturated carbocycles. The number of hydrogen-bond donors (Lipinski definition) is 1. The summed E-state index contributed by atoms with van der Waals surface area (Å²) in [4.78, 5) is 24.0. The summed E-state index contributed by atoms with van der Waals surface area (Å²) >= 11 is 3.37. The molecule has 2 rings (SSSR count). The monoisotopic (exact) mass is 373 g/mol. The highest BCUT2D eigenvalue weighted by Crippen LogP contribution is 2.15. The Morgan fingerprint density at radius 1 is 1.00 bits per heavy atom. The first-order chi connectivity index (χ1) is 11.1. The van der Waals surface area contributed by atoms with Crippen LogP contribution in [0, 0.1) is 0 Å². The van der Waals surface area contributed by atoms with E-state index in [1.165, 1.54) is 5.56 Å². The van der Waals surface area contributed by atoms with Crippen LogP contribution in [0.1, 0.15) is 24.5 Å². The number of ketones is 2. The predicted octanol–water partition coefficient (Wildman–Crippen LogP) is 4.19. The smallest absolute Gasteiger partial charge is 0.217 e. The van der Waals surface area contributed by atoms with Gasteiger partial charge in [0.15, 0.2) is 0 Å². The SMILES string of the molecule is CCCc1ccc(CC(=O)C(=O)CNc2cccc(Br)c2)cc1. The lowest BCUT2D eigenvalue weighted by atomic mass is 10.0. The van der Waals surface area contributed by atoms with Gasteiger partial charge in [-0.2, -0.15) is 0 Å². The molecule has 3 nitrogen and oxygen atoms in total. The van der Waals surface area contributed by atoms with Crippen LogP contribution in [0.4, 0.5) is 5.69 Å². The van der Waals surface area contributed by atoms with Crippen LogP contribution in [0.25, 0.3) is 0 Å². The van der Waals surface area contributed by atoms with Crippen molar-refractivity contribution in [1.29, 1.82) is 0 Å². The highest BCUT2D eigenvalue weighted by atomic mass is 79.9. The standard InChI is InChI=1S/C19H20BrNO2/c1-2-4-14-7-9-15(10-8-14)11-18(22)19(23)13-21-17-6-3-5-16(20)12-17/h3,5-10,12,21H,2,4,11,13H2,1H3. The number of benzene rings is 2. The summed E-state index contributed by atoms with van der Waals surface area (Å²) in [5.41, 5.74) is 2.95. The van der Waals surface area contributed by atoms with Crippen LogP contribution < -0.4 is 5.32 Å². The average molecular weight is 374 g/mol. The number of aryl methyl sites for hydroxylation is 1. The molecule has 1 N–H and O–H groups in total. The van der Waals surface area contributed by atoms with Gasteiger partial charge in [0.05, 0.1) is 6.54 Å². The minimum Gasteiger partial charge on any atom is -0.377 e. The van der Waals surface area contributed by atoms with Crippen LogP contribution in [0.2, 0.25) is 0 Å². The predicted molar refractivity (Wildman–Crippen MR) is 96.8 cm³/mol. The van der Waals surface area contributed by atoms with Crippen molar-refractivity contribution in [2.45, 2.75) is 26.2 Å². The third-order valence-corrected chi connectivity index (χ3v) is 4.01. The Balaban J connectivity index is 1.86. The maximum absolute atomic E-state index is 12.0. The molecule has 2 aromatic rings. The average Bonchev–Trinajstić information content (AvgIpc) is 2.54. The number of carbonyl (C=O) groups is 2. The zero-order valence-electron chi connectivity index (χ0n) is 13.1. The van der Waals surface area contributed by atoms with Gasteiger partial charge < -0.3 is 5.32 Å². The zero-order chi connectivity index (χ0) is 16.7. The van der Waals surface area contributed by atoms with Crippen LogP contribution in [-0.2, 0) is 22.4 Å². The molecule has 0 unspecified atom stereocenters. The Kier molecular flexibility index (Phi) is 6.53. The summed E-state index contributed by atoms with van der Waals surface area (Å²) in [6, 6.07) is 15.4. The zero-order valence-corrected chi connectivity index (χ0v) is 14.7. The van der Waals surface area contributed by atoms with E-state index in [9.17, 15) is 9.59 Å². The second kappa shape index (κ2) is 8.63. The first-order valence-corrected chi connectivity index (χ1v) is 8.51. The van der Waals surface area contributed by atoms with Crippen molar-refractivity contribution < 1.29 is 9.59 Å². The van der Waals surface area contributed by atoms with Gasteiger partial charge in [0.2, 0.25) is 11.6 Å². The second-order valence-electron chi connectivity index (χ2n) is 5.45. The van der Waals surface area contributed by atoms with Gasteiger partial charge in [0.25, 0.3) is 0 Å². The number of anilines is 1. The molecular formula is C19H20BrNO2. The second-order valence-corrected chi connectivity index (χ2v) is 6.37. The molecule has 0 aliphatic rings. The van der Waals surface area contributed by atoms with Gasteiger partial charge in [0, 0.05) is 16.6 Å². The highest BCUT2D eigenvalue weighted by molar-refractivity contribution is 9.10. The number of carbonyl (C=O) groups excluding carboxylic acids is 2. The van der Waals surface area contributed by atoms with E-state index in [1.807, 2.05) is 48.5 Å². The first kappa shape index (κ1) is 17.4. The van der Waals surface area contributed by atoms with Crippen molar-refractivity contribution in [2.24, 2.45) is 0 Å². The number of Topliss-reactive ketones (excluding diaryl/α,β-unsaturated/α-hetero) is 2. The molecule has 0 aromatic heterocycles. The van der Waals surface area contributed by atoms with Crippen molar-refractivity contribution in [3.63, 3.8) is 0 Å². The quantitative estimate of drug-likeness (QED) is 0.705. The van der Waals surface area contributed by atoms with Crippen molar-refractivity contribution in [2.75, 3.05) is 11.9 Å². The molecule has 0 amide bonds. The number of nitrogens with one attached hydrogen (secondary N) is 1. The molecule has 23 heavy (non-hydrogen) atoms. The van der Waals surface area contributed by atoms with Gasteiger partial charge in [-0.15, -0.1) is 0 Å². The molecule has 0 saturated heterocycles. The maximum atomic E-state index is 12.0. The van der Waals surface area contributed by atoms with Crippen molar-refractivity contribution in [3.8, 4) is 0 Å². The Morgan fingerprint density at radius 2 is 1.70 bits per heavy atom. The van der Waals surface area contributed by atoms with Crippen LogP contribution >= 0.6 is 15.9 Å². The van der Waals surface area contributed by atoms with Crippen LogP contribution in [0.3, 0.4) is 0 Å². The Morgan fingerprint density at radius 3 is 2.35 bits per heavy atom. The van der Waals surface area contributed by atoms with Crippen molar-refractivity contribution in [3.05, 3.63) is 64.1 Å². The van der Waals surface area contributed by atoms with Gasteiger partial charge in [-0.05, 0) is 35.7 Å². The fraction of sp³-hybridized carbons (Fsp3) is 0.263. The normalized spacial score (nSPS) is 10.3. The number of rotatable bonds is 8. The molecular weight excluding hydrogens is 354 g/mol. The molecule has 120 valence electrons. The highest BCUT2D eigenvalue weighted by Gasteiger charge is 2.14. The summed E-state index contributed by atoms with van der Waals surface area (Å²) < 4.78 is 0.924. The largest absolute Gasteiger partial charge is 0.377 e. The molecule has 0 heterocycles. The molecule has 0 aliphatic carbocycles. The van der Waals surface area contributed by atoms with Gasteiger partial charge in [-0.1, -0.05) is 59.6 Å². The maximum Gasteiger partial charge on any atom is 0.217 e. The van der Waals surface area contributed by atoms with Crippen LogP contribution in [0.5, 0.6) is 0 Å². The minimum absolute atomic E-state index is 0.0171. The molecule has 4 heteroatoms. The fourth-order valence-corrected chi connectivity index (χ4v) is 2.68. The molecule has 0 spiro atoms. The summed E-state index contributed by atoms with van der Waals surface area (Å²) in [7, 11) is 0. The van der Waals surface area contributed by atoms with Gasteiger partial charge in [-0.3, -0.25) is 9.59 Å². The molecule has 2 aromatic carbocycles. The topological polar surface area (TPSA) is 46.2 Å². The number of hydrogen-bond acceptors (Lipinski definition) is 3. The fourth-order valence-electron chi connectivity index (χ4n) is 2.28. The summed E-state index contributed by atoms with van der Waals surface area (Å²) in [6.45, 7) is 2.15. The van der Waals surface area contributed by atoms with E-state index in [-0.39, 0.29) is 18.7 Å². The third-order valence-electron chi connectivity index (χ3n) is 3.52. The Hall–Kier alpha value is -1.94.